The summed E-state index contributed by atoms with van der Waals surface area (Å²) < 4.78 is 6.78. The van der Waals surface area contributed by atoms with Crippen LogP contribution in [0.25, 0.3) is 33.4 Å². The van der Waals surface area contributed by atoms with E-state index in [9.17, 15) is 9.90 Å². The Balaban J connectivity index is 1.64. The number of hydrogen-bond donors (Lipinski definition) is 2. The minimum absolute atomic E-state index is 0.267. The quantitative estimate of drug-likeness (QED) is 0.438. The van der Waals surface area contributed by atoms with Crippen molar-refractivity contribution < 1.29 is 14.6 Å². The molecular formula is C26H27N5O3. The molecule has 2 unspecified atom stereocenters. The molecule has 3 aromatic heterocycles. The van der Waals surface area contributed by atoms with E-state index >= 15 is 0 Å². The summed E-state index contributed by atoms with van der Waals surface area (Å²) in [5, 5.41) is 23.1. The van der Waals surface area contributed by atoms with Gasteiger partial charge >= 0.3 is 6.09 Å². The molecule has 4 aromatic rings. The van der Waals surface area contributed by atoms with Gasteiger partial charge in [0.2, 0.25) is 5.88 Å². The highest BCUT2D eigenvalue weighted by atomic mass is 16.5. The van der Waals surface area contributed by atoms with E-state index in [0.29, 0.717) is 28.5 Å². The predicted octanol–water partition coefficient (Wildman–Crippen LogP) is 4.94. The maximum atomic E-state index is 12.5. The summed E-state index contributed by atoms with van der Waals surface area (Å²) in [4.78, 5) is 16.5. The normalized spacial score (nSPS) is 16.9. The van der Waals surface area contributed by atoms with E-state index in [4.69, 9.17) is 4.74 Å². The Bertz CT molecular complexity index is 1330. The zero-order valence-corrected chi connectivity index (χ0v) is 19.2. The van der Waals surface area contributed by atoms with Crippen molar-refractivity contribution in [1.82, 2.24) is 25.1 Å². The van der Waals surface area contributed by atoms with Gasteiger partial charge in [0.25, 0.3) is 0 Å². The van der Waals surface area contributed by atoms with Crippen LogP contribution in [0, 0.1) is 0 Å². The lowest BCUT2D eigenvalue weighted by atomic mass is 9.88. The molecule has 8 nitrogen and oxygen atoms in total. The summed E-state index contributed by atoms with van der Waals surface area (Å²) in [5.74, 6) is 0.545. The number of pyridine rings is 1. The Hall–Kier alpha value is -3.78. The second-order valence-electron chi connectivity index (χ2n) is 8.70. The van der Waals surface area contributed by atoms with E-state index in [0.717, 1.165) is 29.5 Å². The third-order valence-corrected chi connectivity index (χ3v) is 6.70. The average Bonchev–Trinajstić information content (AvgIpc) is 3.28. The number of methoxy groups -OCH3 is 1. The van der Waals surface area contributed by atoms with Gasteiger partial charge in [0.15, 0.2) is 0 Å². The van der Waals surface area contributed by atoms with Crippen molar-refractivity contribution in [3.63, 3.8) is 0 Å². The monoisotopic (exact) mass is 457 g/mol. The smallest absolute Gasteiger partial charge is 0.416 e. The van der Waals surface area contributed by atoms with Gasteiger partial charge in [0, 0.05) is 29.4 Å². The third kappa shape index (κ3) is 4.01. The van der Waals surface area contributed by atoms with Gasteiger partial charge in [0.05, 0.1) is 29.6 Å². The van der Waals surface area contributed by atoms with Crippen LogP contribution < -0.4 is 10.1 Å². The fourth-order valence-corrected chi connectivity index (χ4v) is 4.82. The Morgan fingerprint density at radius 1 is 1.15 bits per heavy atom. The van der Waals surface area contributed by atoms with Crippen molar-refractivity contribution >= 4 is 17.0 Å². The zero-order chi connectivity index (χ0) is 23.7. The molecule has 34 heavy (non-hydrogen) atoms. The maximum Gasteiger partial charge on any atom is 0.416 e. The summed E-state index contributed by atoms with van der Waals surface area (Å²) in [6.45, 7) is 3.23. The van der Waals surface area contributed by atoms with E-state index in [1.165, 1.54) is 24.5 Å². The molecule has 2 atom stereocenters. The van der Waals surface area contributed by atoms with E-state index in [1.54, 1.807) is 12.4 Å². The highest BCUT2D eigenvalue weighted by Gasteiger charge is 2.24. The number of benzene rings is 1. The van der Waals surface area contributed by atoms with Crippen LogP contribution in [0.2, 0.25) is 0 Å². The molecule has 1 saturated heterocycles. The van der Waals surface area contributed by atoms with E-state index in [2.05, 4.69) is 33.5 Å². The van der Waals surface area contributed by atoms with Gasteiger partial charge < -0.3 is 15.2 Å². The van der Waals surface area contributed by atoms with E-state index in [-0.39, 0.29) is 11.8 Å². The largest absolute Gasteiger partial charge is 0.479 e. The van der Waals surface area contributed by atoms with Crippen LogP contribution in [0.4, 0.5) is 4.79 Å². The number of rotatable bonds is 5. The minimum atomic E-state index is -1.06. The molecule has 0 radical (unpaired) electrons. The number of carboxylic acid groups (broad SMARTS) is 1. The van der Waals surface area contributed by atoms with Gasteiger partial charge in [-0.05, 0) is 61.2 Å². The standard InChI is InChI=1S/C26H27N5O3/c1-16(21-5-3-4-10-28-21)18-6-7-19-14-24(31(26(32)33)23(19)13-18)20-15-22(29-30-25(20)34-2)17-8-11-27-12-9-17/h6-9,11-16,21,28H,3-5,10H2,1-2H3,(H,32,33). The Labute approximate surface area is 197 Å². The SMILES string of the molecule is COc1nnc(-c2ccncc2)cc1-c1cc2ccc(C(C)C3CCCCN3)cc2n1C(=O)O. The van der Waals surface area contributed by atoms with Gasteiger partial charge in [-0.2, -0.15) is 0 Å². The number of hydrogen-bond acceptors (Lipinski definition) is 6. The van der Waals surface area contributed by atoms with Gasteiger partial charge in [-0.3, -0.25) is 4.98 Å². The molecule has 1 fully saturated rings. The summed E-state index contributed by atoms with van der Waals surface area (Å²) in [6.07, 6.45) is 5.85. The first-order chi connectivity index (χ1) is 16.6. The van der Waals surface area contributed by atoms with Crippen LogP contribution in [0.5, 0.6) is 5.88 Å². The Kier molecular flexibility index (Phi) is 5.98. The minimum Gasteiger partial charge on any atom is -0.479 e. The molecular weight excluding hydrogens is 430 g/mol. The first-order valence-electron chi connectivity index (χ1n) is 11.5. The second kappa shape index (κ2) is 9.23. The first-order valence-corrected chi connectivity index (χ1v) is 11.5. The topological polar surface area (TPSA) is 102 Å². The molecule has 4 heterocycles. The predicted molar refractivity (Wildman–Crippen MR) is 130 cm³/mol. The lowest BCUT2D eigenvalue weighted by molar-refractivity contribution is 0.198. The van der Waals surface area contributed by atoms with Gasteiger partial charge in [-0.25, -0.2) is 9.36 Å². The van der Waals surface area contributed by atoms with Crippen molar-refractivity contribution in [1.29, 1.82) is 0 Å². The number of fused-ring (bicyclic) bond motifs is 1. The van der Waals surface area contributed by atoms with Crippen LogP contribution in [0.15, 0.2) is 54.9 Å². The molecule has 0 aliphatic carbocycles. The van der Waals surface area contributed by atoms with Crippen molar-refractivity contribution in [3.8, 4) is 28.4 Å². The van der Waals surface area contributed by atoms with Crippen LogP contribution in [0.3, 0.4) is 0 Å². The van der Waals surface area contributed by atoms with Gasteiger partial charge in [-0.15, -0.1) is 10.2 Å². The second-order valence-corrected chi connectivity index (χ2v) is 8.70. The molecule has 174 valence electrons. The molecule has 0 bridgehead atoms. The number of nitrogens with zero attached hydrogens (tertiary/aromatic N) is 4. The number of nitrogens with one attached hydrogen (secondary N) is 1. The van der Waals surface area contributed by atoms with Crippen LogP contribution >= 0.6 is 0 Å². The Morgan fingerprint density at radius 2 is 1.97 bits per heavy atom. The van der Waals surface area contributed by atoms with E-state index < -0.39 is 6.09 Å². The molecule has 2 N–H and O–H groups in total. The fraction of sp³-hybridized carbons (Fsp3) is 0.308. The van der Waals surface area contributed by atoms with Crippen LogP contribution in [-0.2, 0) is 0 Å². The molecule has 1 aliphatic heterocycles. The van der Waals surface area contributed by atoms with Crippen molar-refractivity contribution in [2.75, 3.05) is 13.7 Å². The number of ether oxygens (including phenoxy) is 1. The highest BCUT2D eigenvalue weighted by Crippen LogP contribution is 2.36. The molecule has 0 saturated carbocycles. The number of piperidine rings is 1. The Morgan fingerprint density at radius 3 is 2.68 bits per heavy atom. The molecule has 5 rings (SSSR count). The molecule has 1 aliphatic rings. The molecule has 0 spiro atoms. The number of carbonyl (C=O) groups is 1. The summed E-state index contributed by atoms with van der Waals surface area (Å²) in [5.41, 5.74) is 4.26. The van der Waals surface area contributed by atoms with Crippen molar-refractivity contribution in [3.05, 3.63) is 60.4 Å². The van der Waals surface area contributed by atoms with Gasteiger partial charge in [-0.1, -0.05) is 25.5 Å². The summed E-state index contributed by atoms with van der Waals surface area (Å²) >= 11 is 0. The number of aromatic nitrogens is 4. The molecule has 0 amide bonds. The molecule has 8 heteroatoms. The summed E-state index contributed by atoms with van der Waals surface area (Å²) in [7, 11) is 1.50. The zero-order valence-electron chi connectivity index (χ0n) is 19.2. The van der Waals surface area contributed by atoms with Crippen LogP contribution in [0.1, 0.15) is 37.7 Å². The van der Waals surface area contributed by atoms with Gasteiger partial charge in [0.1, 0.15) is 0 Å². The van der Waals surface area contributed by atoms with Crippen molar-refractivity contribution in [2.24, 2.45) is 0 Å². The maximum absolute atomic E-state index is 12.5. The first kappa shape index (κ1) is 22.0. The van der Waals surface area contributed by atoms with Crippen molar-refractivity contribution in [2.45, 2.75) is 38.1 Å². The third-order valence-electron chi connectivity index (χ3n) is 6.70. The average molecular weight is 458 g/mol. The lowest BCUT2D eigenvalue weighted by Crippen LogP contribution is -2.37. The summed E-state index contributed by atoms with van der Waals surface area (Å²) in [6, 6.07) is 13.8. The van der Waals surface area contributed by atoms with E-state index in [1.807, 2.05) is 36.4 Å². The fourth-order valence-electron chi connectivity index (χ4n) is 4.82. The highest BCUT2D eigenvalue weighted by molar-refractivity contribution is 5.97. The van der Waals surface area contributed by atoms with Crippen LogP contribution in [-0.4, -0.2) is 50.6 Å². The lowest BCUT2D eigenvalue weighted by Gasteiger charge is -2.29. The molecule has 1 aromatic carbocycles.